The fourth-order valence-electron chi connectivity index (χ4n) is 2.29. The summed E-state index contributed by atoms with van der Waals surface area (Å²) in [6.45, 7) is 6.07. The molecule has 1 heterocycles. The van der Waals surface area contributed by atoms with Crippen LogP contribution in [0.4, 0.5) is 13.2 Å². The highest BCUT2D eigenvalue weighted by Gasteiger charge is 2.11. The van der Waals surface area contributed by atoms with Crippen molar-refractivity contribution in [2.75, 3.05) is 6.54 Å². The van der Waals surface area contributed by atoms with Crippen LogP contribution in [-0.2, 0) is 0 Å². The molecule has 0 aliphatic carbocycles. The first-order valence-electron chi connectivity index (χ1n) is 8.05. The molecule has 7 heteroatoms. The van der Waals surface area contributed by atoms with Crippen LogP contribution in [0.2, 0.25) is 0 Å². The van der Waals surface area contributed by atoms with E-state index in [1.165, 1.54) is 34.4 Å². The van der Waals surface area contributed by atoms with Gasteiger partial charge in [0.05, 0.1) is 18.5 Å². The third-order valence-electron chi connectivity index (χ3n) is 3.59. The number of hydrogen-bond acceptors (Lipinski definition) is 3. The van der Waals surface area contributed by atoms with Crippen LogP contribution in [0.15, 0.2) is 70.1 Å². The van der Waals surface area contributed by atoms with E-state index in [0.717, 1.165) is 17.7 Å². The number of hydrogen-bond donors (Lipinski definition) is 0. The Morgan fingerprint density at radius 2 is 1.89 bits per heavy atom. The van der Waals surface area contributed by atoms with Gasteiger partial charge in [0, 0.05) is 10.9 Å². The van der Waals surface area contributed by atoms with Crippen LogP contribution in [0.1, 0.15) is 12.5 Å². The van der Waals surface area contributed by atoms with E-state index >= 15 is 0 Å². The van der Waals surface area contributed by atoms with Crippen molar-refractivity contribution in [1.82, 2.24) is 4.68 Å². The Kier molecular flexibility index (Phi) is 5.71. The molecule has 0 aliphatic heterocycles. The third-order valence-corrected chi connectivity index (χ3v) is 4.44. The van der Waals surface area contributed by atoms with Crippen molar-refractivity contribution < 1.29 is 13.2 Å². The van der Waals surface area contributed by atoms with Gasteiger partial charge in [0.2, 0.25) is 4.80 Å². The molecule has 0 bridgehead atoms. The average molecular weight is 387 g/mol. The van der Waals surface area contributed by atoms with E-state index in [9.17, 15) is 13.2 Å². The molecular weight excluding hydrogens is 371 g/mol. The molecule has 1 aromatic heterocycles. The number of benzene rings is 2. The van der Waals surface area contributed by atoms with Crippen LogP contribution in [0.5, 0.6) is 0 Å². The monoisotopic (exact) mass is 387 g/mol. The minimum Gasteiger partial charge on any atom is -0.253 e. The van der Waals surface area contributed by atoms with Crippen LogP contribution in [-0.4, -0.2) is 17.4 Å². The Hall–Kier alpha value is -2.93. The van der Waals surface area contributed by atoms with Gasteiger partial charge in [0.25, 0.3) is 0 Å². The van der Waals surface area contributed by atoms with Gasteiger partial charge in [0.1, 0.15) is 5.82 Å². The van der Waals surface area contributed by atoms with Gasteiger partial charge in [-0.3, -0.25) is 4.99 Å². The van der Waals surface area contributed by atoms with Crippen LogP contribution < -0.4 is 4.80 Å². The molecule has 0 N–H and O–H groups in total. The number of aromatic nitrogens is 1. The molecule has 3 rings (SSSR count). The second-order valence-electron chi connectivity index (χ2n) is 5.89. The second-order valence-corrected chi connectivity index (χ2v) is 6.72. The lowest BCUT2D eigenvalue weighted by atomic mass is 10.1. The Morgan fingerprint density at radius 3 is 2.59 bits per heavy atom. The van der Waals surface area contributed by atoms with Crippen LogP contribution in [0.25, 0.3) is 11.3 Å². The molecule has 3 nitrogen and oxygen atoms in total. The Balaban J connectivity index is 2.10. The Bertz CT molecular complexity index is 1080. The van der Waals surface area contributed by atoms with Crippen molar-refractivity contribution in [3.8, 4) is 11.3 Å². The van der Waals surface area contributed by atoms with Crippen molar-refractivity contribution >= 4 is 17.6 Å². The van der Waals surface area contributed by atoms with Crippen molar-refractivity contribution in [3.05, 3.63) is 87.8 Å². The van der Waals surface area contributed by atoms with Crippen LogP contribution in [0, 0.1) is 17.5 Å². The Morgan fingerprint density at radius 1 is 1.11 bits per heavy atom. The molecule has 0 radical (unpaired) electrons. The number of thiazole rings is 1. The quantitative estimate of drug-likeness (QED) is 0.436. The first-order chi connectivity index (χ1) is 13.0. The lowest BCUT2D eigenvalue weighted by Crippen LogP contribution is -2.13. The zero-order valence-corrected chi connectivity index (χ0v) is 15.3. The highest BCUT2D eigenvalue weighted by atomic mass is 32.1. The van der Waals surface area contributed by atoms with Crippen LogP contribution in [0.3, 0.4) is 0 Å². The molecule has 0 atom stereocenters. The van der Waals surface area contributed by atoms with Gasteiger partial charge in [-0.05, 0) is 36.8 Å². The summed E-state index contributed by atoms with van der Waals surface area (Å²) in [5.74, 6) is -2.28. The summed E-state index contributed by atoms with van der Waals surface area (Å²) in [5.41, 5.74) is 2.12. The summed E-state index contributed by atoms with van der Waals surface area (Å²) in [4.78, 5) is 4.97. The smallest absolute Gasteiger partial charge is 0.206 e. The maximum Gasteiger partial charge on any atom is 0.206 e. The summed E-state index contributed by atoms with van der Waals surface area (Å²) >= 11 is 1.30. The first kappa shape index (κ1) is 18.8. The van der Waals surface area contributed by atoms with Gasteiger partial charge in [-0.2, -0.15) is 5.10 Å². The van der Waals surface area contributed by atoms with E-state index in [2.05, 4.69) is 16.7 Å². The molecule has 138 valence electrons. The van der Waals surface area contributed by atoms with Gasteiger partial charge in [-0.1, -0.05) is 30.4 Å². The van der Waals surface area contributed by atoms with E-state index in [-0.39, 0.29) is 0 Å². The highest BCUT2D eigenvalue weighted by Crippen LogP contribution is 2.23. The van der Waals surface area contributed by atoms with Gasteiger partial charge in [0.15, 0.2) is 11.6 Å². The molecular formula is C20H16F3N3S. The summed E-state index contributed by atoms with van der Waals surface area (Å²) in [5, 5.41) is 6.07. The summed E-state index contributed by atoms with van der Waals surface area (Å²) in [7, 11) is 0. The molecule has 0 saturated carbocycles. The third kappa shape index (κ3) is 4.43. The molecule has 0 aliphatic rings. The summed E-state index contributed by atoms with van der Waals surface area (Å²) in [6.07, 6.45) is 1.37. The predicted octanol–water partition coefficient (Wildman–Crippen LogP) is 4.99. The lowest BCUT2D eigenvalue weighted by molar-refractivity contribution is 0.508. The standard InChI is InChI=1S/C20H16F3N3S/c1-13(2)10-24-20-26(25-11-14-7-8-17(22)18(23)9-14)19(12-27-20)15-5-3-4-6-16(15)21/h3-9,11-12H,1,10H2,2H3. The topological polar surface area (TPSA) is 29.6 Å². The number of halogens is 3. The van der Waals surface area contributed by atoms with Crippen molar-refractivity contribution in [2.24, 2.45) is 10.1 Å². The zero-order valence-electron chi connectivity index (χ0n) is 14.5. The van der Waals surface area contributed by atoms with Gasteiger partial charge in [-0.25, -0.2) is 17.8 Å². The van der Waals surface area contributed by atoms with Crippen molar-refractivity contribution in [2.45, 2.75) is 6.92 Å². The molecule has 0 amide bonds. The first-order valence-corrected chi connectivity index (χ1v) is 8.93. The fourth-order valence-corrected chi connectivity index (χ4v) is 3.12. The Labute approximate surface area is 158 Å². The fraction of sp³-hybridized carbons (Fsp3) is 0.100. The highest BCUT2D eigenvalue weighted by molar-refractivity contribution is 7.07. The minimum absolute atomic E-state index is 0.368. The molecule has 0 unspecified atom stereocenters. The maximum absolute atomic E-state index is 14.2. The lowest BCUT2D eigenvalue weighted by Gasteiger charge is -2.05. The SMILES string of the molecule is C=C(C)CN=c1scc(-c2ccccc2F)n1N=Cc1ccc(F)c(F)c1. The number of nitrogens with zero attached hydrogens (tertiary/aromatic N) is 3. The van der Waals surface area contributed by atoms with E-state index < -0.39 is 17.5 Å². The van der Waals surface area contributed by atoms with E-state index in [4.69, 9.17) is 0 Å². The molecule has 0 spiro atoms. The molecule has 27 heavy (non-hydrogen) atoms. The molecule has 2 aromatic carbocycles. The van der Waals surface area contributed by atoms with E-state index in [1.54, 1.807) is 23.6 Å². The largest absolute Gasteiger partial charge is 0.253 e. The van der Waals surface area contributed by atoms with Gasteiger partial charge < -0.3 is 0 Å². The van der Waals surface area contributed by atoms with Crippen molar-refractivity contribution in [1.29, 1.82) is 0 Å². The zero-order chi connectivity index (χ0) is 19.4. The normalized spacial score (nSPS) is 12.1. The maximum atomic E-state index is 14.2. The van der Waals surface area contributed by atoms with Gasteiger partial charge in [-0.15, -0.1) is 11.3 Å². The molecule has 3 aromatic rings. The molecule has 0 fully saturated rings. The van der Waals surface area contributed by atoms with Crippen LogP contribution >= 0.6 is 11.3 Å². The predicted molar refractivity (Wildman–Crippen MR) is 102 cm³/mol. The average Bonchev–Trinajstić information content (AvgIpc) is 3.04. The van der Waals surface area contributed by atoms with Crippen molar-refractivity contribution in [3.63, 3.8) is 0 Å². The summed E-state index contributed by atoms with van der Waals surface area (Å²) in [6, 6.07) is 9.81. The molecule has 0 saturated heterocycles. The second kappa shape index (κ2) is 8.18. The minimum atomic E-state index is -0.962. The number of rotatable bonds is 5. The van der Waals surface area contributed by atoms with E-state index in [1.807, 2.05) is 6.92 Å². The van der Waals surface area contributed by atoms with Gasteiger partial charge >= 0.3 is 0 Å². The van der Waals surface area contributed by atoms with E-state index in [0.29, 0.717) is 28.2 Å². The summed E-state index contributed by atoms with van der Waals surface area (Å²) < 4.78 is 42.2.